The fourth-order valence-corrected chi connectivity index (χ4v) is 3.84. The minimum Gasteiger partial charge on any atom is -0.481 e. The predicted molar refractivity (Wildman–Crippen MR) is 94.3 cm³/mol. The molecule has 3 aromatic heterocycles. The molecule has 0 amide bonds. The number of hydrogen-bond acceptors (Lipinski definition) is 6. The van der Waals surface area contributed by atoms with Crippen molar-refractivity contribution in [1.29, 1.82) is 0 Å². The minimum absolute atomic E-state index is 0.0218. The van der Waals surface area contributed by atoms with Crippen LogP contribution in [0.2, 0.25) is 0 Å². The molecule has 7 heteroatoms. The van der Waals surface area contributed by atoms with Gasteiger partial charge < -0.3 is 10.0 Å². The highest BCUT2D eigenvalue weighted by Gasteiger charge is 2.17. The van der Waals surface area contributed by atoms with Gasteiger partial charge in [0.15, 0.2) is 0 Å². The van der Waals surface area contributed by atoms with Gasteiger partial charge in [-0.1, -0.05) is 0 Å². The number of anilines is 1. The lowest BCUT2D eigenvalue weighted by Gasteiger charge is -2.10. The molecule has 0 spiro atoms. The van der Waals surface area contributed by atoms with Gasteiger partial charge in [0, 0.05) is 41.7 Å². The molecule has 0 radical (unpaired) electrons. The third kappa shape index (κ3) is 3.40. The summed E-state index contributed by atoms with van der Waals surface area (Å²) < 4.78 is 0. The van der Waals surface area contributed by atoms with Crippen molar-refractivity contribution in [2.24, 2.45) is 0 Å². The van der Waals surface area contributed by atoms with Crippen LogP contribution in [0.25, 0.3) is 21.8 Å². The van der Waals surface area contributed by atoms with E-state index >= 15 is 0 Å². The molecule has 0 aliphatic rings. The third-order valence-corrected chi connectivity index (χ3v) is 5.04. The normalized spacial score (nSPS) is 10.7. The lowest BCUT2D eigenvalue weighted by atomic mass is 10.2. The Bertz CT molecular complexity index is 808. The van der Waals surface area contributed by atoms with Gasteiger partial charge in [-0.3, -0.25) is 4.79 Å². The van der Waals surface area contributed by atoms with E-state index in [1.165, 1.54) is 11.3 Å². The van der Waals surface area contributed by atoms with Crippen molar-refractivity contribution in [2.75, 3.05) is 19.0 Å². The standard InChI is InChI=1S/C16H15N3O2S2/c1-19(2)13-4-3-10(8-17-13)16-18-15(11-5-6-22-9-11)12(23-16)7-14(20)21/h3-6,8-9H,7H2,1-2H3,(H,20,21). The highest BCUT2D eigenvalue weighted by atomic mass is 32.1. The molecule has 5 nitrogen and oxygen atoms in total. The zero-order valence-electron chi connectivity index (χ0n) is 12.7. The van der Waals surface area contributed by atoms with E-state index in [0.29, 0.717) is 0 Å². The average molecular weight is 345 g/mol. The zero-order valence-corrected chi connectivity index (χ0v) is 14.3. The third-order valence-electron chi connectivity index (χ3n) is 3.26. The maximum Gasteiger partial charge on any atom is 0.308 e. The van der Waals surface area contributed by atoms with E-state index in [4.69, 9.17) is 5.11 Å². The van der Waals surface area contributed by atoms with Gasteiger partial charge in [0.1, 0.15) is 10.8 Å². The topological polar surface area (TPSA) is 66.3 Å². The molecule has 0 atom stereocenters. The monoisotopic (exact) mass is 345 g/mol. The Hall–Kier alpha value is -2.25. The second-order valence-corrected chi connectivity index (χ2v) is 7.04. The Morgan fingerprint density at radius 1 is 1.26 bits per heavy atom. The SMILES string of the molecule is CN(C)c1ccc(-c2nc(-c3ccsc3)c(CC(=O)O)s2)cn1. The molecule has 0 aliphatic carbocycles. The molecule has 0 unspecified atom stereocenters. The van der Waals surface area contributed by atoms with Crippen LogP contribution in [0.1, 0.15) is 4.88 Å². The van der Waals surface area contributed by atoms with E-state index < -0.39 is 5.97 Å². The number of rotatable bonds is 5. The van der Waals surface area contributed by atoms with Crippen molar-refractivity contribution in [3.8, 4) is 21.8 Å². The summed E-state index contributed by atoms with van der Waals surface area (Å²) in [7, 11) is 3.87. The maximum absolute atomic E-state index is 11.1. The van der Waals surface area contributed by atoms with Crippen LogP contribution in [0.15, 0.2) is 35.2 Å². The van der Waals surface area contributed by atoms with Gasteiger partial charge in [-0.05, 0) is 23.6 Å². The fraction of sp³-hybridized carbons (Fsp3) is 0.188. The van der Waals surface area contributed by atoms with Gasteiger partial charge in [0.05, 0.1) is 12.1 Å². The van der Waals surface area contributed by atoms with Gasteiger partial charge >= 0.3 is 5.97 Å². The number of carboxylic acids is 1. The van der Waals surface area contributed by atoms with E-state index in [9.17, 15) is 4.79 Å². The molecule has 0 aromatic carbocycles. The van der Waals surface area contributed by atoms with Gasteiger partial charge in [0.2, 0.25) is 0 Å². The first kappa shape index (κ1) is 15.6. The molecule has 1 N–H and O–H groups in total. The quantitative estimate of drug-likeness (QED) is 0.765. The van der Waals surface area contributed by atoms with Gasteiger partial charge in [0.25, 0.3) is 0 Å². The van der Waals surface area contributed by atoms with Gasteiger partial charge in [-0.25, -0.2) is 9.97 Å². The molecular weight excluding hydrogens is 330 g/mol. The van der Waals surface area contributed by atoms with Crippen LogP contribution in [-0.4, -0.2) is 35.1 Å². The number of aromatic nitrogens is 2. The van der Waals surface area contributed by atoms with Crippen molar-refractivity contribution in [2.45, 2.75) is 6.42 Å². The van der Waals surface area contributed by atoms with E-state index in [1.807, 2.05) is 48.0 Å². The van der Waals surface area contributed by atoms with E-state index in [-0.39, 0.29) is 6.42 Å². The molecule has 0 aliphatic heterocycles. The summed E-state index contributed by atoms with van der Waals surface area (Å²) in [5, 5.41) is 13.9. The van der Waals surface area contributed by atoms with E-state index in [1.54, 1.807) is 17.5 Å². The average Bonchev–Trinajstić information content (AvgIpc) is 3.16. The molecular formula is C16H15N3O2S2. The lowest BCUT2D eigenvalue weighted by Crippen LogP contribution is -2.09. The summed E-state index contributed by atoms with van der Waals surface area (Å²) in [6.45, 7) is 0. The summed E-state index contributed by atoms with van der Waals surface area (Å²) in [5.41, 5.74) is 2.62. The Morgan fingerprint density at radius 2 is 2.09 bits per heavy atom. The first-order chi connectivity index (χ1) is 11.0. The van der Waals surface area contributed by atoms with Gasteiger partial charge in [-0.2, -0.15) is 11.3 Å². The highest BCUT2D eigenvalue weighted by molar-refractivity contribution is 7.15. The number of carboxylic acid groups (broad SMARTS) is 1. The zero-order chi connectivity index (χ0) is 16.4. The number of carbonyl (C=O) groups is 1. The molecule has 0 saturated carbocycles. The lowest BCUT2D eigenvalue weighted by molar-refractivity contribution is -0.136. The first-order valence-corrected chi connectivity index (χ1v) is 8.68. The summed E-state index contributed by atoms with van der Waals surface area (Å²) in [5.74, 6) is 0.0203. The number of aliphatic carboxylic acids is 1. The summed E-state index contributed by atoms with van der Waals surface area (Å²) >= 11 is 2.98. The highest BCUT2D eigenvalue weighted by Crippen LogP contribution is 2.35. The van der Waals surface area contributed by atoms with Crippen LogP contribution in [-0.2, 0) is 11.2 Å². The molecule has 3 heterocycles. The summed E-state index contributed by atoms with van der Waals surface area (Å²) in [6, 6.07) is 5.85. The molecule has 23 heavy (non-hydrogen) atoms. The number of thiophene rings is 1. The van der Waals surface area contributed by atoms with E-state index in [2.05, 4.69) is 9.97 Å². The molecule has 0 fully saturated rings. The minimum atomic E-state index is -0.849. The van der Waals surface area contributed by atoms with Crippen LogP contribution in [0.4, 0.5) is 5.82 Å². The molecule has 0 saturated heterocycles. The van der Waals surface area contributed by atoms with Crippen molar-refractivity contribution in [3.05, 3.63) is 40.0 Å². The van der Waals surface area contributed by atoms with Gasteiger partial charge in [-0.15, -0.1) is 11.3 Å². The Kier molecular flexibility index (Phi) is 4.40. The Balaban J connectivity index is 2.01. The Morgan fingerprint density at radius 3 is 2.65 bits per heavy atom. The fourth-order valence-electron chi connectivity index (χ4n) is 2.13. The molecule has 3 aromatic rings. The predicted octanol–water partition coefficient (Wildman–Crippen LogP) is 3.63. The summed E-state index contributed by atoms with van der Waals surface area (Å²) in [6.07, 6.45) is 1.75. The van der Waals surface area contributed by atoms with Crippen LogP contribution in [0.5, 0.6) is 0 Å². The van der Waals surface area contributed by atoms with Crippen LogP contribution >= 0.6 is 22.7 Å². The van der Waals surface area contributed by atoms with Crippen molar-refractivity contribution in [1.82, 2.24) is 9.97 Å². The first-order valence-electron chi connectivity index (χ1n) is 6.92. The van der Waals surface area contributed by atoms with Crippen LogP contribution in [0.3, 0.4) is 0 Å². The number of hydrogen-bond donors (Lipinski definition) is 1. The van der Waals surface area contributed by atoms with Crippen molar-refractivity contribution in [3.63, 3.8) is 0 Å². The largest absolute Gasteiger partial charge is 0.481 e. The molecule has 0 bridgehead atoms. The number of nitrogens with zero attached hydrogens (tertiary/aromatic N) is 3. The van der Waals surface area contributed by atoms with Crippen molar-refractivity contribution < 1.29 is 9.90 Å². The van der Waals surface area contributed by atoms with Crippen LogP contribution < -0.4 is 4.90 Å². The second kappa shape index (κ2) is 6.47. The smallest absolute Gasteiger partial charge is 0.308 e. The summed E-state index contributed by atoms with van der Waals surface area (Å²) in [4.78, 5) is 22.9. The number of thiazole rings is 1. The van der Waals surface area contributed by atoms with E-state index in [0.717, 1.165) is 32.5 Å². The second-order valence-electron chi connectivity index (χ2n) is 5.17. The maximum atomic E-state index is 11.1. The van der Waals surface area contributed by atoms with Crippen molar-refractivity contribution >= 4 is 34.5 Å². The molecule has 3 rings (SSSR count). The number of pyridine rings is 1. The van der Waals surface area contributed by atoms with Crippen LogP contribution in [0, 0.1) is 0 Å². The molecule has 118 valence electrons. The Labute approximate surface area is 141 Å².